The van der Waals surface area contributed by atoms with Crippen molar-refractivity contribution in [1.29, 1.82) is 0 Å². The molecular weight excluding hydrogens is 394 g/mol. The van der Waals surface area contributed by atoms with Crippen LogP contribution in [-0.2, 0) is 5.41 Å². The van der Waals surface area contributed by atoms with Crippen LogP contribution in [0.25, 0.3) is 10.8 Å². The molecule has 0 amide bonds. The molecule has 0 bridgehead atoms. The molecule has 4 rings (SSSR count). The predicted octanol–water partition coefficient (Wildman–Crippen LogP) is 6.13. The number of rotatable bonds is 5. The summed E-state index contributed by atoms with van der Waals surface area (Å²) in [4.78, 5) is 4.22. The van der Waals surface area contributed by atoms with E-state index < -0.39 is 17.0 Å². The highest BCUT2D eigenvalue weighted by molar-refractivity contribution is 5.87. The zero-order valence-corrected chi connectivity index (χ0v) is 18.4. The Hall–Kier alpha value is -2.53. The van der Waals surface area contributed by atoms with Gasteiger partial charge in [0, 0.05) is 35.3 Å². The topological polar surface area (TPSA) is 48.1 Å². The molecule has 1 heterocycles. The first-order valence-corrected chi connectivity index (χ1v) is 11.1. The van der Waals surface area contributed by atoms with Gasteiger partial charge in [0.2, 0.25) is 0 Å². The number of ether oxygens (including phenoxy) is 1. The van der Waals surface area contributed by atoms with Crippen molar-refractivity contribution in [3.63, 3.8) is 0 Å². The van der Waals surface area contributed by atoms with E-state index in [1.165, 1.54) is 12.1 Å². The van der Waals surface area contributed by atoms with Crippen molar-refractivity contribution < 1.29 is 13.5 Å². The van der Waals surface area contributed by atoms with Gasteiger partial charge < -0.3 is 10.5 Å². The highest BCUT2D eigenvalue weighted by Crippen LogP contribution is 2.44. The minimum atomic E-state index is -0.548. The fourth-order valence-corrected chi connectivity index (χ4v) is 5.26. The van der Waals surface area contributed by atoms with Gasteiger partial charge in [-0.2, -0.15) is 0 Å². The molecule has 31 heavy (non-hydrogen) atoms. The van der Waals surface area contributed by atoms with Gasteiger partial charge in [0.1, 0.15) is 17.4 Å². The van der Waals surface area contributed by atoms with Gasteiger partial charge in [-0.3, -0.25) is 4.98 Å². The third kappa shape index (κ3) is 4.03. The van der Waals surface area contributed by atoms with Crippen LogP contribution in [0.1, 0.15) is 55.7 Å². The van der Waals surface area contributed by atoms with Crippen molar-refractivity contribution in [2.75, 3.05) is 0 Å². The van der Waals surface area contributed by atoms with Gasteiger partial charge in [-0.25, -0.2) is 8.78 Å². The monoisotopic (exact) mass is 424 g/mol. The first kappa shape index (κ1) is 21.7. The van der Waals surface area contributed by atoms with E-state index in [1.807, 2.05) is 19.2 Å². The summed E-state index contributed by atoms with van der Waals surface area (Å²) in [6, 6.07) is 7.79. The Morgan fingerprint density at radius 2 is 1.81 bits per heavy atom. The Labute approximate surface area is 182 Å². The zero-order valence-electron chi connectivity index (χ0n) is 18.4. The Balaban J connectivity index is 1.59. The van der Waals surface area contributed by atoms with Crippen molar-refractivity contribution in [3.05, 3.63) is 71.1 Å². The first-order valence-electron chi connectivity index (χ1n) is 11.1. The van der Waals surface area contributed by atoms with Gasteiger partial charge in [0.15, 0.2) is 0 Å². The summed E-state index contributed by atoms with van der Waals surface area (Å²) in [6.45, 7) is 6.17. The lowest BCUT2D eigenvalue weighted by Crippen LogP contribution is -2.49. The van der Waals surface area contributed by atoms with Crippen LogP contribution < -0.4 is 10.5 Å². The van der Waals surface area contributed by atoms with E-state index in [2.05, 4.69) is 24.9 Å². The van der Waals surface area contributed by atoms with Gasteiger partial charge in [-0.15, -0.1) is 0 Å². The summed E-state index contributed by atoms with van der Waals surface area (Å²) in [6.07, 6.45) is 7.54. The van der Waals surface area contributed by atoms with Crippen molar-refractivity contribution in [1.82, 2.24) is 4.98 Å². The number of hydrogen-bond donors (Lipinski definition) is 1. The highest BCUT2D eigenvalue weighted by Gasteiger charge is 2.42. The van der Waals surface area contributed by atoms with Gasteiger partial charge in [-0.1, -0.05) is 6.92 Å². The SMILES string of the molecule is CCC(N)[C@]1(c2cc(F)cc(F)c2)CC[C@H](Oc2c(C)cc3cnccc3c2C)CC1. The smallest absolute Gasteiger partial charge is 0.126 e. The quantitative estimate of drug-likeness (QED) is 0.536. The van der Waals surface area contributed by atoms with Gasteiger partial charge in [-0.05, 0) is 92.3 Å². The minimum absolute atomic E-state index is 0.0484. The maximum Gasteiger partial charge on any atom is 0.126 e. The van der Waals surface area contributed by atoms with Gasteiger partial charge in [0.05, 0.1) is 6.10 Å². The molecule has 1 aliphatic carbocycles. The molecule has 0 spiro atoms. The molecular formula is C26H30F2N2O. The van der Waals surface area contributed by atoms with Crippen molar-refractivity contribution in [3.8, 4) is 5.75 Å². The predicted molar refractivity (Wildman–Crippen MR) is 120 cm³/mol. The number of aryl methyl sites for hydroxylation is 2. The summed E-state index contributed by atoms with van der Waals surface area (Å²) in [5, 5.41) is 2.25. The van der Waals surface area contributed by atoms with E-state index in [0.717, 1.165) is 65.8 Å². The number of hydrogen-bond acceptors (Lipinski definition) is 3. The summed E-state index contributed by atoms with van der Waals surface area (Å²) in [7, 11) is 0. The average molecular weight is 425 g/mol. The average Bonchev–Trinajstić information content (AvgIpc) is 2.76. The van der Waals surface area contributed by atoms with Crippen molar-refractivity contribution in [2.45, 2.75) is 70.4 Å². The van der Waals surface area contributed by atoms with Crippen LogP contribution in [0.3, 0.4) is 0 Å². The number of nitrogens with zero attached hydrogens (tertiary/aromatic N) is 1. The number of aromatic nitrogens is 1. The Morgan fingerprint density at radius 3 is 2.45 bits per heavy atom. The van der Waals surface area contributed by atoms with Crippen molar-refractivity contribution in [2.24, 2.45) is 5.73 Å². The van der Waals surface area contributed by atoms with E-state index in [-0.39, 0.29) is 12.1 Å². The molecule has 2 aromatic carbocycles. The largest absolute Gasteiger partial charge is 0.490 e. The van der Waals surface area contributed by atoms with Crippen LogP contribution in [0.4, 0.5) is 8.78 Å². The first-order chi connectivity index (χ1) is 14.8. The standard InChI is InChI=1S/C26H30F2N2O/c1-4-24(29)26(19-12-20(27)14-21(28)13-19)8-5-22(6-9-26)31-25-16(2)11-18-15-30-10-7-23(18)17(25)3/h7,10-15,22,24H,4-6,8-9,29H2,1-3H3/t22-,24?,26+. The zero-order chi connectivity index (χ0) is 22.2. The summed E-state index contributed by atoms with van der Waals surface area (Å²) < 4.78 is 34.5. The number of pyridine rings is 1. The third-order valence-corrected chi connectivity index (χ3v) is 7.02. The molecule has 3 aromatic rings. The molecule has 0 aliphatic heterocycles. The molecule has 0 saturated heterocycles. The third-order valence-electron chi connectivity index (χ3n) is 7.02. The number of nitrogens with two attached hydrogens (primary N) is 1. The van der Waals surface area contributed by atoms with Crippen LogP contribution >= 0.6 is 0 Å². The fraction of sp³-hybridized carbons (Fsp3) is 0.423. The fourth-order valence-electron chi connectivity index (χ4n) is 5.26. The van der Waals surface area contributed by atoms with Crippen LogP contribution in [0.15, 0.2) is 42.7 Å². The lowest BCUT2D eigenvalue weighted by molar-refractivity contribution is 0.102. The van der Waals surface area contributed by atoms with E-state index in [9.17, 15) is 8.78 Å². The van der Waals surface area contributed by atoms with Crippen LogP contribution in [0.5, 0.6) is 5.75 Å². The number of halogens is 2. The van der Waals surface area contributed by atoms with Crippen LogP contribution in [0, 0.1) is 25.5 Å². The second kappa shape index (κ2) is 8.54. The Kier molecular flexibility index (Phi) is 5.98. The molecule has 164 valence electrons. The van der Waals surface area contributed by atoms with Crippen molar-refractivity contribution >= 4 is 10.8 Å². The lowest BCUT2D eigenvalue weighted by Gasteiger charge is -2.44. The molecule has 1 atom stereocenters. The molecule has 0 radical (unpaired) electrons. The Bertz CT molecular complexity index is 1070. The molecule has 1 aliphatic rings. The van der Waals surface area contributed by atoms with Crippen LogP contribution in [0.2, 0.25) is 0 Å². The second-order valence-electron chi connectivity index (χ2n) is 8.89. The van der Waals surface area contributed by atoms with E-state index >= 15 is 0 Å². The second-order valence-corrected chi connectivity index (χ2v) is 8.89. The molecule has 1 unspecified atom stereocenters. The molecule has 5 heteroatoms. The maximum atomic E-state index is 14.0. The van der Waals surface area contributed by atoms with E-state index in [1.54, 1.807) is 6.20 Å². The molecule has 2 N–H and O–H groups in total. The normalized spacial score (nSPS) is 22.5. The molecule has 1 fully saturated rings. The maximum absolute atomic E-state index is 14.0. The summed E-state index contributed by atoms with van der Waals surface area (Å²) >= 11 is 0. The molecule has 1 aromatic heterocycles. The minimum Gasteiger partial charge on any atom is -0.490 e. The van der Waals surface area contributed by atoms with E-state index in [4.69, 9.17) is 10.5 Å². The number of benzene rings is 2. The van der Waals surface area contributed by atoms with E-state index in [0.29, 0.717) is 5.56 Å². The van der Waals surface area contributed by atoms with Gasteiger partial charge in [0.25, 0.3) is 0 Å². The highest BCUT2D eigenvalue weighted by atomic mass is 19.1. The van der Waals surface area contributed by atoms with Gasteiger partial charge >= 0.3 is 0 Å². The Morgan fingerprint density at radius 1 is 1.13 bits per heavy atom. The molecule has 1 saturated carbocycles. The lowest BCUT2D eigenvalue weighted by atomic mass is 9.64. The summed E-state index contributed by atoms with van der Waals surface area (Å²) in [5.74, 6) is -0.173. The summed E-state index contributed by atoms with van der Waals surface area (Å²) in [5.41, 5.74) is 8.98. The van der Waals surface area contributed by atoms with Crippen LogP contribution in [-0.4, -0.2) is 17.1 Å². The number of fused-ring (bicyclic) bond motifs is 1. The molecule has 3 nitrogen and oxygen atoms in total.